The molecular formula is C18H29O2-. The highest BCUT2D eigenvalue weighted by Crippen LogP contribution is 2.07. The molecule has 0 aromatic carbocycles. The van der Waals surface area contributed by atoms with Crippen LogP contribution in [0, 0.1) is 0 Å². The van der Waals surface area contributed by atoms with E-state index in [1.807, 2.05) is 0 Å². The Hall–Kier alpha value is -1.31. The second kappa shape index (κ2) is 15.7. The van der Waals surface area contributed by atoms with E-state index in [0.717, 1.165) is 44.9 Å². The van der Waals surface area contributed by atoms with Crippen LogP contribution in [-0.4, -0.2) is 5.97 Å². The summed E-state index contributed by atoms with van der Waals surface area (Å²) in [6.07, 6.45) is 23.0. The average molecular weight is 277 g/mol. The van der Waals surface area contributed by atoms with E-state index in [0.29, 0.717) is 0 Å². The summed E-state index contributed by atoms with van der Waals surface area (Å²) in [5, 5.41) is 10.2. The van der Waals surface area contributed by atoms with Gasteiger partial charge in [-0.1, -0.05) is 62.6 Å². The number of carbonyl (C=O) groups is 1. The number of hydrogen-bond donors (Lipinski definition) is 0. The molecular weight excluding hydrogens is 248 g/mol. The van der Waals surface area contributed by atoms with Crippen LogP contribution in [0.15, 0.2) is 36.5 Å². The molecule has 0 bridgehead atoms. The van der Waals surface area contributed by atoms with Crippen molar-refractivity contribution in [3.05, 3.63) is 36.5 Å². The van der Waals surface area contributed by atoms with Gasteiger partial charge in [0.05, 0.1) is 0 Å². The van der Waals surface area contributed by atoms with Crippen LogP contribution < -0.4 is 5.11 Å². The quantitative estimate of drug-likeness (QED) is 0.371. The van der Waals surface area contributed by atoms with Gasteiger partial charge in [-0.15, -0.1) is 0 Å². The van der Waals surface area contributed by atoms with Crippen molar-refractivity contribution in [2.45, 2.75) is 71.1 Å². The fourth-order valence-electron chi connectivity index (χ4n) is 1.89. The average Bonchev–Trinajstić information content (AvgIpc) is 2.43. The van der Waals surface area contributed by atoms with E-state index < -0.39 is 5.97 Å². The van der Waals surface area contributed by atoms with Crippen LogP contribution in [0.5, 0.6) is 0 Å². The minimum atomic E-state index is -0.925. The molecule has 20 heavy (non-hydrogen) atoms. The van der Waals surface area contributed by atoms with Crippen molar-refractivity contribution < 1.29 is 9.90 Å². The predicted octanol–water partition coefficient (Wildman–Crippen LogP) is 4.33. The Morgan fingerprint density at radius 1 is 0.800 bits per heavy atom. The van der Waals surface area contributed by atoms with Crippen LogP contribution in [0.4, 0.5) is 0 Å². The second-order valence-electron chi connectivity index (χ2n) is 4.97. The topological polar surface area (TPSA) is 40.1 Å². The van der Waals surface area contributed by atoms with Gasteiger partial charge >= 0.3 is 0 Å². The van der Waals surface area contributed by atoms with Crippen LogP contribution in [0.2, 0.25) is 0 Å². The number of unbranched alkanes of at least 4 members (excludes halogenated alkanes) is 5. The Labute approximate surface area is 124 Å². The molecule has 0 N–H and O–H groups in total. The number of carbonyl (C=O) groups excluding carboxylic acids is 1. The SMILES string of the molecule is CCC=CCC=CCC=CCCCCCCCC(=O)[O-]. The molecule has 0 radical (unpaired) electrons. The van der Waals surface area contributed by atoms with Crippen LogP contribution in [0.25, 0.3) is 0 Å². The van der Waals surface area contributed by atoms with Gasteiger partial charge in [0.25, 0.3) is 0 Å². The number of carboxylic acid groups (broad SMARTS) is 1. The van der Waals surface area contributed by atoms with E-state index in [1.165, 1.54) is 12.8 Å². The zero-order chi connectivity index (χ0) is 14.9. The molecule has 2 heteroatoms. The summed E-state index contributed by atoms with van der Waals surface area (Å²) in [5.74, 6) is -0.925. The zero-order valence-corrected chi connectivity index (χ0v) is 12.9. The number of allylic oxidation sites excluding steroid dienone is 6. The minimum Gasteiger partial charge on any atom is -0.550 e. The van der Waals surface area contributed by atoms with Gasteiger partial charge in [0, 0.05) is 5.97 Å². The van der Waals surface area contributed by atoms with Crippen molar-refractivity contribution >= 4 is 5.97 Å². The lowest BCUT2D eigenvalue weighted by molar-refractivity contribution is -0.305. The predicted molar refractivity (Wildman–Crippen MR) is 84.3 cm³/mol. The van der Waals surface area contributed by atoms with Gasteiger partial charge in [-0.25, -0.2) is 0 Å². The highest BCUT2D eigenvalue weighted by molar-refractivity contribution is 5.63. The van der Waals surface area contributed by atoms with Crippen LogP contribution in [0.3, 0.4) is 0 Å². The van der Waals surface area contributed by atoms with Crippen molar-refractivity contribution in [3.63, 3.8) is 0 Å². The maximum Gasteiger partial charge on any atom is 0.0414 e. The first-order valence-electron chi connectivity index (χ1n) is 7.92. The lowest BCUT2D eigenvalue weighted by atomic mass is 10.1. The Morgan fingerprint density at radius 3 is 2.00 bits per heavy atom. The third-order valence-corrected chi connectivity index (χ3v) is 3.03. The summed E-state index contributed by atoms with van der Waals surface area (Å²) in [7, 11) is 0. The Bertz CT molecular complexity index is 301. The molecule has 0 aliphatic rings. The first-order chi connectivity index (χ1) is 9.77. The fourth-order valence-corrected chi connectivity index (χ4v) is 1.89. The summed E-state index contributed by atoms with van der Waals surface area (Å²) < 4.78 is 0. The Kier molecular flexibility index (Phi) is 14.7. The first kappa shape index (κ1) is 18.7. The molecule has 0 aromatic rings. The largest absolute Gasteiger partial charge is 0.550 e. The summed E-state index contributed by atoms with van der Waals surface area (Å²) in [4.78, 5) is 10.2. The molecule has 0 aliphatic heterocycles. The maximum absolute atomic E-state index is 10.2. The van der Waals surface area contributed by atoms with Gasteiger partial charge in [0.2, 0.25) is 0 Å². The zero-order valence-electron chi connectivity index (χ0n) is 12.9. The van der Waals surface area contributed by atoms with Gasteiger partial charge in [-0.2, -0.15) is 0 Å². The molecule has 0 heterocycles. The Morgan fingerprint density at radius 2 is 1.35 bits per heavy atom. The van der Waals surface area contributed by atoms with Crippen LogP contribution in [0.1, 0.15) is 71.1 Å². The molecule has 0 unspecified atom stereocenters. The van der Waals surface area contributed by atoms with E-state index in [1.54, 1.807) is 0 Å². The van der Waals surface area contributed by atoms with E-state index in [-0.39, 0.29) is 6.42 Å². The standard InChI is InChI=1S/C18H30O2/c1-2-3-4-5-6-7-8-9-10-11-12-13-14-15-16-17-18(19)20/h3-4,6-7,9-10H,2,5,8,11-17H2,1H3,(H,19,20)/p-1. The van der Waals surface area contributed by atoms with E-state index in [2.05, 4.69) is 43.4 Å². The molecule has 114 valence electrons. The third kappa shape index (κ3) is 16.7. The molecule has 0 aromatic heterocycles. The summed E-state index contributed by atoms with van der Waals surface area (Å²) in [5.41, 5.74) is 0. The smallest absolute Gasteiger partial charge is 0.0414 e. The normalized spacial score (nSPS) is 12.1. The molecule has 0 aliphatic carbocycles. The lowest BCUT2D eigenvalue weighted by Crippen LogP contribution is -2.21. The number of aliphatic carboxylic acids is 1. The number of rotatable bonds is 13. The lowest BCUT2D eigenvalue weighted by Gasteiger charge is -2.01. The minimum absolute atomic E-state index is 0.208. The molecule has 0 saturated carbocycles. The van der Waals surface area contributed by atoms with Crippen molar-refractivity contribution in [3.8, 4) is 0 Å². The molecule has 0 spiro atoms. The molecule has 2 nitrogen and oxygen atoms in total. The monoisotopic (exact) mass is 277 g/mol. The fraction of sp³-hybridized carbons (Fsp3) is 0.611. The van der Waals surface area contributed by atoms with Crippen molar-refractivity contribution in [1.82, 2.24) is 0 Å². The van der Waals surface area contributed by atoms with Gasteiger partial charge in [0.15, 0.2) is 0 Å². The summed E-state index contributed by atoms with van der Waals surface area (Å²) in [6, 6.07) is 0. The maximum atomic E-state index is 10.2. The van der Waals surface area contributed by atoms with Gasteiger partial charge in [-0.05, 0) is 44.9 Å². The van der Waals surface area contributed by atoms with Gasteiger partial charge < -0.3 is 9.90 Å². The molecule has 0 rings (SSSR count). The highest BCUT2D eigenvalue weighted by atomic mass is 16.4. The van der Waals surface area contributed by atoms with E-state index >= 15 is 0 Å². The number of hydrogen-bond acceptors (Lipinski definition) is 2. The molecule has 0 amide bonds. The van der Waals surface area contributed by atoms with Gasteiger partial charge in [-0.3, -0.25) is 0 Å². The Balaban J connectivity index is 3.23. The van der Waals surface area contributed by atoms with Crippen molar-refractivity contribution in [2.75, 3.05) is 0 Å². The summed E-state index contributed by atoms with van der Waals surface area (Å²) >= 11 is 0. The second-order valence-corrected chi connectivity index (χ2v) is 4.97. The van der Waals surface area contributed by atoms with Crippen molar-refractivity contribution in [2.24, 2.45) is 0 Å². The van der Waals surface area contributed by atoms with E-state index in [9.17, 15) is 9.90 Å². The third-order valence-electron chi connectivity index (χ3n) is 3.03. The van der Waals surface area contributed by atoms with Gasteiger partial charge in [0.1, 0.15) is 0 Å². The first-order valence-corrected chi connectivity index (χ1v) is 7.92. The summed E-state index contributed by atoms with van der Waals surface area (Å²) in [6.45, 7) is 2.15. The molecule has 0 saturated heterocycles. The van der Waals surface area contributed by atoms with Crippen LogP contribution >= 0.6 is 0 Å². The molecule has 0 fully saturated rings. The number of carboxylic acids is 1. The van der Waals surface area contributed by atoms with Crippen molar-refractivity contribution in [1.29, 1.82) is 0 Å². The highest BCUT2D eigenvalue weighted by Gasteiger charge is 1.90. The van der Waals surface area contributed by atoms with E-state index in [4.69, 9.17) is 0 Å². The van der Waals surface area contributed by atoms with Crippen LogP contribution in [-0.2, 0) is 4.79 Å². The molecule has 0 atom stereocenters.